The van der Waals surface area contributed by atoms with Gasteiger partial charge in [0.25, 0.3) is 0 Å². The van der Waals surface area contributed by atoms with E-state index >= 15 is 0 Å². The number of allylic oxidation sites excluding steroid dienone is 1. The van der Waals surface area contributed by atoms with Crippen molar-refractivity contribution >= 4 is 11.5 Å². The number of carbonyl (C=O) groups is 1. The maximum Gasteiger partial charge on any atom is 0.139 e. The molecule has 0 aromatic heterocycles. The largest absolute Gasteiger partial charge is 0.396 e. The maximum absolute atomic E-state index is 12.6. The lowest BCUT2D eigenvalue weighted by Crippen LogP contribution is -2.54. The van der Waals surface area contributed by atoms with E-state index in [1.54, 1.807) is 0 Å². The second-order valence-corrected chi connectivity index (χ2v) is 10.4. The van der Waals surface area contributed by atoms with Crippen LogP contribution < -0.4 is 5.32 Å². The molecule has 6 atom stereocenters. The van der Waals surface area contributed by atoms with Gasteiger partial charge in [-0.2, -0.15) is 0 Å². The van der Waals surface area contributed by atoms with Crippen LogP contribution in [-0.4, -0.2) is 31.7 Å². The Morgan fingerprint density at radius 1 is 1.18 bits per heavy atom. The Morgan fingerprint density at radius 3 is 2.79 bits per heavy atom. The number of hydrogen-bond donors (Lipinski definition) is 1. The second-order valence-electron chi connectivity index (χ2n) is 10.4. The molecule has 4 aliphatic rings. The molecule has 0 heterocycles. The molecule has 0 spiro atoms. The van der Waals surface area contributed by atoms with Crippen molar-refractivity contribution in [1.29, 1.82) is 0 Å². The molecule has 156 valence electrons. The molecule has 28 heavy (non-hydrogen) atoms. The van der Waals surface area contributed by atoms with E-state index < -0.39 is 0 Å². The maximum atomic E-state index is 12.6. The molecular formula is C24H38N2O2. The Morgan fingerprint density at radius 2 is 2.00 bits per heavy atom. The lowest BCUT2D eigenvalue weighted by Gasteiger charge is -2.60. The van der Waals surface area contributed by atoms with Gasteiger partial charge in [0, 0.05) is 11.8 Å². The van der Waals surface area contributed by atoms with Crippen LogP contribution in [0.1, 0.15) is 71.6 Å². The van der Waals surface area contributed by atoms with Gasteiger partial charge in [0.15, 0.2) is 0 Å². The van der Waals surface area contributed by atoms with Gasteiger partial charge in [-0.1, -0.05) is 31.2 Å². The van der Waals surface area contributed by atoms with Gasteiger partial charge in [-0.3, -0.25) is 4.79 Å². The molecule has 4 saturated carbocycles. The van der Waals surface area contributed by atoms with E-state index in [1.165, 1.54) is 24.1 Å². The number of hydrogen-bond acceptors (Lipinski definition) is 4. The molecule has 1 N–H and O–H groups in total. The van der Waals surface area contributed by atoms with Crippen LogP contribution >= 0.6 is 0 Å². The van der Waals surface area contributed by atoms with Crippen LogP contribution in [0.2, 0.25) is 0 Å². The minimum Gasteiger partial charge on any atom is -0.396 e. The molecule has 0 aromatic rings. The second kappa shape index (κ2) is 7.59. The summed E-state index contributed by atoms with van der Waals surface area (Å²) < 4.78 is 0. The third kappa shape index (κ3) is 3.16. The third-order valence-corrected chi connectivity index (χ3v) is 9.03. The summed E-state index contributed by atoms with van der Waals surface area (Å²) in [5.41, 5.74) is 2.91. The molecule has 0 radical (unpaired) electrons. The Hall–Kier alpha value is -1.16. The SMILES string of the molecule is C=C1C[C@@H]2[C@H](CC[C@]3(C)C(=O)CC[C@@H]23)[C@@]2(C)CC/C(=N\OCCCNC)C[C@H]12. The summed E-state index contributed by atoms with van der Waals surface area (Å²) in [6, 6.07) is 0. The highest BCUT2D eigenvalue weighted by Crippen LogP contribution is 2.66. The molecule has 0 bridgehead atoms. The van der Waals surface area contributed by atoms with Crippen molar-refractivity contribution in [1.82, 2.24) is 5.32 Å². The lowest BCUT2D eigenvalue weighted by molar-refractivity contribution is -0.134. The molecule has 4 nitrogen and oxygen atoms in total. The fourth-order valence-corrected chi connectivity index (χ4v) is 7.35. The van der Waals surface area contributed by atoms with Crippen molar-refractivity contribution in [2.75, 3.05) is 20.2 Å². The summed E-state index contributed by atoms with van der Waals surface area (Å²) in [6.07, 6.45) is 9.60. The molecule has 4 heteroatoms. The molecule has 0 saturated heterocycles. The number of nitrogens with zero attached hydrogens (tertiary/aromatic N) is 1. The Balaban J connectivity index is 1.48. The number of fused-ring (bicyclic) bond motifs is 5. The first-order chi connectivity index (χ1) is 13.4. The molecule has 4 aliphatic carbocycles. The van der Waals surface area contributed by atoms with Gasteiger partial charge in [-0.25, -0.2) is 0 Å². The van der Waals surface area contributed by atoms with Crippen LogP contribution in [0.5, 0.6) is 0 Å². The topological polar surface area (TPSA) is 50.7 Å². The summed E-state index contributed by atoms with van der Waals surface area (Å²) in [6.45, 7) is 11.0. The fourth-order valence-electron chi connectivity index (χ4n) is 7.35. The van der Waals surface area contributed by atoms with Crippen LogP contribution in [0.25, 0.3) is 0 Å². The summed E-state index contributed by atoms with van der Waals surface area (Å²) in [5, 5.41) is 7.63. The first kappa shape index (κ1) is 20.1. The lowest BCUT2D eigenvalue weighted by atomic mass is 9.44. The summed E-state index contributed by atoms with van der Waals surface area (Å²) in [4.78, 5) is 18.2. The van der Waals surface area contributed by atoms with Crippen LogP contribution in [0, 0.1) is 34.5 Å². The minimum atomic E-state index is -0.0485. The number of nitrogens with one attached hydrogen (secondary N) is 1. The first-order valence-electron chi connectivity index (χ1n) is 11.4. The Labute approximate surface area is 170 Å². The molecular weight excluding hydrogens is 348 g/mol. The van der Waals surface area contributed by atoms with Crippen molar-refractivity contribution in [2.24, 2.45) is 39.7 Å². The van der Waals surface area contributed by atoms with Crippen molar-refractivity contribution < 1.29 is 9.63 Å². The predicted molar refractivity (Wildman–Crippen MR) is 113 cm³/mol. The number of oxime groups is 1. The van der Waals surface area contributed by atoms with Gasteiger partial charge >= 0.3 is 0 Å². The molecule has 0 unspecified atom stereocenters. The van der Waals surface area contributed by atoms with E-state index in [4.69, 9.17) is 4.84 Å². The molecule has 0 aliphatic heterocycles. The highest BCUT2D eigenvalue weighted by atomic mass is 16.6. The number of ketones is 1. The summed E-state index contributed by atoms with van der Waals surface area (Å²) >= 11 is 0. The standard InChI is InChI=1S/C24H38N2O2/c1-16-14-18-19-6-7-22(27)24(19,3)11-9-20(18)23(2)10-8-17(15-21(16)23)26-28-13-5-12-25-4/h18-21,25H,1,5-15H2,2-4H3/b26-17+/t18-,19-,20-,21+,23+,24-/m0/s1. The van der Waals surface area contributed by atoms with E-state index in [1.807, 2.05) is 7.05 Å². The molecule has 0 aromatic carbocycles. The summed E-state index contributed by atoms with van der Waals surface area (Å²) in [7, 11) is 1.96. The predicted octanol–water partition coefficient (Wildman–Crippen LogP) is 4.75. The van der Waals surface area contributed by atoms with Crippen molar-refractivity contribution in [3.05, 3.63) is 12.2 Å². The zero-order valence-electron chi connectivity index (χ0n) is 18.1. The van der Waals surface area contributed by atoms with Crippen molar-refractivity contribution in [3.8, 4) is 0 Å². The zero-order chi connectivity index (χ0) is 19.9. The van der Waals surface area contributed by atoms with E-state index in [0.717, 1.165) is 57.4 Å². The smallest absolute Gasteiger partial charge is 0.139 e. The number of Topliss-reactive ketones (excluding diaryl/α,β-unsaturated/α-hetero) is 1. The van der Waals surface area contributed by atoms with Gasteiger partial charge in [-0.05, 0) is 94.0 Å². The van der Waals surface area contributed by atoms with Crippen LogP contribution in [0.3, 0.4) is 0 Å². The zero-order valence-corrected chi connectivity index (χ0v) is 18.1. The first-order valence-corrected chi connectivity index (χ1v) is 11.4. The van der Waals surface area contributed by atoms with E-state index in [9.17, 15) is 4.79 Å². The molecule has 4 fully saturated rings. The molecule has 0 amide bonds. The van der Waals surface area contributed by atoms with Crippen LogP contribution in [-0.2, 0) is 9.63 Å². The number of rotatable bonds is 5. The third-order valence-electron chi connectivity index (χ3n) is 9.03. The van der Waals surface area contributed by atoms with E-state index in [-0.39, 0.29) is 5.41 Å². The van der Waals surface area contributed by atoms with Gasteiger partial charge in [-0.15, -0.1) is 0 Å². The van der Waals surface area contributed by atoms with Gasteiger partial charge < -0.3 is 10.2 Å². The quantitative estimate of drug-likeness (QED) is 0.421. The van der Waals surface area contributed by atoms with Crippen LogP contribution in [0.15, 0.2) is 17.3 Å². The fraction of sp³-hybridized carbons (Fsp3) is 0.833. The normalized spacial score (nSPS) is 44.2. The van der Waals surface area contributed by atoms with Crippen molar-refractivity contribution in [3.63, 3.8) is 0 Å². The minimum absolute atomic E-state index is 0.0485. The average Bonchev–Trinajstić information content (AvgIpc) is 2.98. The number of carbonyl (C=O) groups excluding carboxylic acids is 1. The average molecular weight is 387 g/mol. The van der Waals surface area contributed by atoms with E-state index in [0.29, 0.717) is 35.6 Å². The highest BCUT2D eigenvalue weighted by molar-refractivity contribution is 5.87. The van der Waals surface area contributed by atoms with Gasteiger partial charge in [0.05, 0.1) is 5.71 Å². The highest BCUT2D eigenvalue weighted by Gasteiger charge is 2.60. The van der Waals surface area contributed by atoms with Crippen LogP contribution in [0.4, 0.5) is 0 Å². The summed E-state index contributed by atoms with van der Waals surface area (Å²) in [5.74, 6) is 3.05. The van der Waals surface area contributed by atoms with Crippen molar-refractivity contribution in [2.45, 2.75) is 71.6 Å². The Bertz CT molecular complexity index is 672. The molecule has 4 rings (SSSR count). The Kier molecular flexibility index (Phi) is 5.45. The van der Waals surface area contributed by atoms with E-state index in [2.05, 4.69) is 30.9 Å². The monoisotopic (exact) mass is 386 g/mol. The van der Waals surface area contributed by atoms with Gasteiger partial charge in [0.2, 0.25) is 0 Å². The van der Waals surface area contributed by atoms with Gasteiger partial charge in [0.1, 0.15) is 12.4 Å².